The van der Waals surface area contributed by atoms with Gasteiger partial charge in [0.2, 0.25) is 5.89 Å². The van der Waals surface area contributed by atoms with Crippen molar-refractivity contribution in [3.8, 4) is 0 Å². The second-order valence-corrected chi connectivity index (χ2v) is 6.45. The molecule has 0 radical (unpaired) electrons. The van der Waals surface area contributed by atoms with Crippen LogP contribution in [0.25, 0.3) is 0 Å². The Bertz CT molecular complexity index is 433. The average Bonchev–Trinajstić information content (AvgIpc) is 2.72. The van der Waals surface area contributed by atoms with Crippen molar-refractivity contribution in [3.63, 3.8) is 0 Å². The third-order valence-electron chi connectivity index (χ3n) is 4.96. The molecular weight excluding hydrogens is 230 g/mol. The highest BCUT2D eigenvalue weighted by Crippen LogP contribution is 2.73. The van der Waals surface area contributed by atoms with Crippen LogP contribution in [0, 0.1) is 10.8 Å². The van der Waals surface area contributed by atoms with Gasteiger partial charge in [-0.15, -0.1) is 0 Å². The fraction of sp³-hybridized carbons (Fsp3) is 0.846. The van der Waals surface area contributed by atoms with Crippen molar-refractivity contribution in [1.82, 2.24) is 15.5 Å². The zero-order chi connectivity index (χ0) is 13.0. The first-order valence-corrected chi connectivity index (χ1v) is 6.59. The molecule has 0 spiro atoms. The Morgan fingerprint density at radius 1 is 1.22 bits per heavy atom. The number of hydrogen-bond donors (Lipinski definition) is 1. The molecule has 100 valence electrons. The third kappa shape index (κ3) is 1.61. The van der Waals surface area contributed by atoms with Crippen LogP contribution in [-0.4, -0.2) is 29.9 Å². The molecule has 0 amide bonds. The van der Waals surface area contributed by atoms with Crippen LogP contribution in [0.5, 0.6) is 0 Å². The summed E-state index contributed by atoms with van der Waals surface area (Å²) in [7, 11) is 0. The topological polar surface area (TPSA) is 60.2 Å². The molecule has 1 unspecified atom stereocenters. The Balaban J connectivity index is 1.78. The van der Waals surface area contributed by atoms with Gasteiger partial charge in [-0.3, -0.25) is 0 Å². The van der Waals surface area contributed by atoms with Crippen LogP contribution in [0.3, 0.4) is 0 Å². The Labute approximate surface area is 107 Å². The molecule has 3 rings (SSSR count). The number of morpholine rings is 1. The Morgan fingerprint density at radius 3 is 2.50 bits per heavy atom. The van der Waals surface area contributed by atoms with Gasteiger partial charge in [-0.2, -0.15) is 4.98 Å². The van der Waals surface area contributed by atoms with Crippen molar-refractivity contribution in [1.29, 1.82) is 0 Å². The van der Waals surface area contributed by atoms with E-state index in [1.54, 1.807) is 0 Å². The van der Waals surface area contributed by atoms with E-state index in [-0.39, 0.29) is 16.9 Å². The predicted molar refractivity (Wildman–Crippen MR) is 66.2 cm³/mol. The van der Waals surface area contributed by atoms with Crippen LogP contribution in [0.2, 0.25) is 0 Å². The van der Waals surface area contributed by atoms with Gasteiger partial charge in [-0.05, 0) is 10.8 Å². The zero-order valence-corrected chi connectivity index (χ0v) is 11.5. The van der Waals surface area contributed by atoms with Crippen molar-refractivity contribution in [2.75, 3.05) is 19.8 Å². The first-order valence-electron chi connectivity index (χ1n) is 6.59. The van der Waals surface area contributed by atoms with Gasteiger partial charge >= 0.3 is 0 Å². The van der Waals surface area contributed by atoms with Crippen LogP contribution >= 0.6 is 0 Å². The fourth-order valence-electron chi connectivity index (χ4n) is 3.05. The van der Waals surface area contributed by atoms with Gasteiger partial charge in [0.1, 0.15) is 0 Å². The summed E-state index contributed by atoms with van der Waals surface area (Å²) in [5, 5.41) is 7.44. The standard InChI is InChI=1S/C13H21N3O2/c1-12(2)9(13(12,3)4)11-15-10(16-18-11)8-7-17-6-5-14-8/h8-9,14H,5-7H2,1-4H3. The molecule has 2 aliphatic rings. The second kappa shape index (κ2) is 3.78. The van der Waals surface area contributed by atoms with Gasteiger partial charge in [0.25, 0.3) is 0 Å². The molecule has 1 N–H and O–H groups in total. The molecule has 1 aliphatic heterocycles. The quantitative estimate of drug-likeness (QED) is 0.869. The lowest BCUT2D eigenvalue weighted by Crippen LogP contribution is -2.35. The number of hydrogen-bond acceptors (Lipinski definition) is 5. The number of rotatable bonds is 2. The maximum Gasteiger partial charge on any atom is 0.230 e. The highest BCUT2D eigenvalue weighted by Gasteiger charge is 2.68. The maximum absolute atomic E-state index is 5.46. The molecule has 2 heterocycles. The fourth-order valence-corrected chi connectivity index (χ4v) is 3.05. The molecule has 18 heavy (non-hydrogen) atoms. The van der Waals surface area contributed by atoms with E-state index in [1.807, 2.05) is 0 Å². The van der Waals surface area contributed by atoms with Gasteiger partial charge in [0.05, 0.1) is 19.3 Å². The van der Waals surface area contributed by atoms with Gasteiger partial charge in [-0.25, -0.2) is 0 Å². The van der Waals surface area contributed by atoms with Crippen molar-refractivity contribution in [3.05, 3.63) is 11.7 Å². The normalized spacial score (nSPS) is 30.3. The summed E-state index contributed by atoms with van der Waals surface area (Å²) in [4.78, 5) is 4.57. The van der Waals surface area contributed by atoms with E-state index in [4.69, 9.17) is 9.26 Å². The van der Waals surface area contributed by atoms with Crippen LogP contribution in [0.4, 0.5) is 0 Å². The van der Waals surface area contributed by atoms with E-state index in [0.717, 1.165) is 24.9 Å². The number of aromatic nitrogens is 2. The van der Waals surface area contributed by atoms with Crippen LogP contribution in [0.15, 0.2) is 4.52 Å². The second-order valence-electron chi connectivity index (χ2n) is 6.45. The van der Waals surface area contributed by atoms with Crippen LogP contribution in [-0.2, 0) is 4.74 Å². The highest BCUT2D eigenvalue weighted by atomic mass is 16.5. The van der Waals surface area contributed by atoms with E-state index in [1.165, 1.54) is 0 Å². The van der Waals surface area contributed by atoms with Gasteiger partial charge in [0, 0.05) is 12.5 Å². The summed E-state index contributed by atoms with van der Waals surface area (Å²) >= 11 is 0. The summed E-state index contributed by atoms with van der Waals surface area (Å²) in [5.41, 5.74) is 0.459. The molecule has 2 fully saturated rings. The van der Waals surface area contributed by atoms with Gasteiger partial charge in [0.15, 0.2) is 5.82 Å². The molecule has 1 aromatic rings. The molecular formula is C13H21N3O2. The summed E-state index contributed by atoms with van der Waals surface area (Å²) in [6.45, 7) is 11.2. The minimum absolute atomic E-state index is 0.0706. The Morgan fingerprint density at radius 2 is 1.94 bits per heavy atom. The minimum atomic E-state index is 0.0706. The Kier molecular flexibility index (Phi) is 2.54. The third-order valence-corrected chi connectivity index (χ3v) is 4.96. The molecule has 1 aromatic heterocycles. The summed E-state index contributed by atoms with van der Waals surface area (Å²) in [5.74, 6) is 1.85. The van der Waals surface area contributed by atoms with Crippen molar-refractivity contribution in [2.24, 2.45) is 10.8 Å². The summed E-state index contributed by atoms with van der Waals surface area (Å²) in [6, 6.07) is 0.0706. The van der Waals surface area contributed by atoms with E-state index >= 15 is 0 Å². The first-order chi connectivity index (χ1) is 8.44. The molecule has 1 atom stereocenters. The van der Waals surface area contributed by atoms with E-state index in [9.17, 15) is 0 Å². The van der Waals surface area contributed by atoms with Crippen LogP contribution < -0.4 is 5.32 Å². The molecule has 5 heteroatoms. The maximum atomic E-state index is 5.46. The van der Waals surface area contributed by atoms with Gasteiger partial charge in [-0.1, -0.05) is 32.9 Å². The molecule has 1 saturated heterocycles. The largest absolute Gasteiger partial charge is 0.378 e. The average molecular weight is 251 g/mol. The predicted octanol–water partition coefficient (Wildman–Crippen LogP) is 1.88. The summed E-state index contributed by atoms with van der Waals surface area (Å²) < 4.78 is 10.9. The molecule has 1 aliphatic carbocycles. The number of nitrogens with one attached hydrogen (secondary N) is 1. The molecule has 0 bridgehead atoms. The van der Waals surface area contributed by atoms with Crippen molar-refractivity contribution >= 4 is 0 Å². The van der Waals surface area contributed by atoms with Gasteiger partial charge < -0.3 is 14.6 Å². The number of nitrogens with zero attached hydrogens (tertiary/aromatic N) is 2. The monoisotopic (exact) mass is 251 g/mol. The minimum Gasteiger partial charge on any atom is -0.378 e. The smallest absolute Gasteiger partial charge is 0.230 e. The van der Waals surface area contributed by atoms with E-state index in [2.05, 4.69) is 43.2 Å². The van der Waals surface area contributed by atoms with Crippen molar-refractivity contribution in [2.45, 2.75) is 39.7 Å². The highest BCUT2D eigenvalue weighted by molar-refractivity contribution is 5.25. The molecule has 5 nitrogen and oxygen atoms in total. The zero-order valence-electron chi connectivity index (χ0n) is 11.5. The van der Waals surface area contributed by atoms with E-state index < -0.39 is 0 Å². The van der Waals surface area contributed by atoms with Crippen LogP contribution in [0.1, 0.15) is 51.4 Å². The van der Waals surface area contributed by atoms with Crippen molar-refractivity contribution < 1.29 is 9.26 Å². The Hall–Kier alpha value is -0.940. The summed E-state index contributed by atoms with van der Waals surface area (Å²) in [6.07, 6.45) is 0. The molecule has 1 saturated carbocycles. The SMILES string of the molecule is CC1(C)C(c2nc(C3COCCN3)no2)C1(C)C. The van der Waals surface area contributed by atoms with E-state index in [0.29, 0.717) is 12.5 Å². The first kappa shape index (κ1) is 12.1. The lowest BCUT2D eigenvalue weighted by atomic mass is 10.0. The molecule has 0 aromatic carbocycles. The lowest BCUT2D eigenvalue weighted by Gasteiger charge is -2.20. The number of ether oxygens (including phenoxy) is 1. The lowest BCUT2D eigenvalue weighted by molar-refractivity contribution is 0.0734.